The minimum atomic E-state index is -1.75. The first-order chi connectivity index (χ1) is 14.3. The number of thiazole rings is 1. The van der Waals surface area contributed by atoms with Crippen molar-refractivity contribution in [2.75, 3.05) is 11.9 Å². The normalized spacial score (nSPS) is 23.7. The summed E-state index contributed by atoms with van der Waals surface area (Å²) in [6.45, 7) is 7.64. The topological polar surface area (TPSA) is 94.6 Å². The summed E-state index contributed by atoms with van der Waals surface area (Å²) in [5.41, 5.74) is 2.13. The molecule has 1 aromatic heterocycles. The van der Waals surface area contributed by atoms with Crippen LogP contribution in [0.15, 0.2) is 40.6 Å². The molecule has 4 rings (SSSR count). The second-order valence-electron chi connectivity index (χ2n) is 7.79. The molecule has 1 saturated heterocycles. The molecule has 1 saturated carbocycles. The predicted molar refractivity (Wildman–Crippen MR) is 114 cm³/mol. The van der Waals surface area contributed by atoms with Crippen molar-refractivity contribution in [1.82, 2.24) is 4.98 Å². The van der Waals surface area contributed by atoms with Gasteiger partial charge in [-0.2, -0.15) is 0 Å². The Morgan fingerprint density at radius 2 is 2.17 bits per heavy atom. The Hall–Kier alpha value is -2.52. The number of carbonyl (C=O) groups excluding carboxylic acids is 2. The standard InChI is InChI=1S/C21H22N2O5S2/c1-12-8-16-11-27-19(25)21(16,9-12)10-15-4-6-17(7-5-15)28-30(26)18-13(2)22-20(29-18)23-14(3)24/h4-7,16H,1,8-11H2,2-3H3,(H,22,23,24). The molecular formula is C21H22N2O5S2. The van der Waals surface area contributed by atoms with Gasteiger partial charge in [-0.3, -0.25) is 9.59 Å². The van der Waals surface area contributed by atoms with Crippen LogP contribution in [0.25, 0.3) is 0 Å². The fourth-order valence-electron chi connectivity index (χ4n) is 4.16. The van der Waals surface area contributed by atoms with Crippen molar-refractivity contribution in [3.8, 4) is 5.75 Å². The van der Waals surface area contributed by atoms with E-state index < -0.39 is 16.5 Å². The van der Waals surface area contributed by atoms with E-state index in [1.54, 1.807) is 19.1 Å². The zero-order valence-corrected chi connectivity index (χ0v) is 18.4. The highest BCUT2D eigenvalue weighted by Gasteiger charge is 2.55. The SMILES string of the molecule is C=C1CC2COC(=O)C2(Cc2ccc(OS(=O)c3sc(NC(C)=O)nc3C)cc2)C1. The van der Waals surface area contributed by atoms with E-state index in [1.807, 2.05) is 12.1 Å². The number of allylic oxidation sites excluding steroid dienone is 1. The van der Waals surface area contributed by atoms with Gasteiger partial charge in [0.2, 0.25) is 5.91 Å². The number of esters is 1. The Kier molecular flexibility index (Phi) is 5.50. The Morgan fingerprint density at radius 3 is 2.87 bits per heavy atom. The summed E-state index contributed by atoms with van der Waals surface area (Å²) in [4.78, 5) is 27.8. The lowest BCUT2D eigenvalue weighted by atomic mass is 9.75. The van der Waals surface area contributed by atoms with Crippen molar-refractivity contribution in [1.29, 1.82) is 0 Å². The average molecular weight is 447 g/mol. The molecular weight excluding hydrogens is 424 g/mol. The molecule has 30 heavy (non-hydrogen) atoms. The van der Waals surface area contributed by atoms with Gasteiger partial charge in [-0.1, -0.05) is 35.6 Å². The van der Waals surface area contributed by atoms with Crippen LogP contribution in [0.3, 0.4) is 0 Å². The quantitative estimate of drug-likeness (QED) is 0.539. The van der Waals surface area contributed by atoms with E-state index in [9.17, 15) is 13.8 Å². The van der Waals surface area contributed by atoms with Gasteiger partial charge in [-0.15, -0.1) is 0 Å². The number of nitrogens with one attached hydrogen (secondary N) is 1. The van der Waals surface area contributed by atoms with Crippen LogP contribution in [-0.4, -0.2) is 27.7 Å². The number of fused-ring (bicyclic) bond motifs is 1. The molecule has 1 amide bonds. The number of benzene rings is 1. The summed E-state index contributed by atoms with van der Waals surface area (Å²) >= 11 is -0.626. The fourth-order valence-corrected chi connectivity index (χ4v) is 6.16. The molecule has 9 heteroatoms. The Morgan fingerprint density at radius 1 is 1.43 bits per heavy atom. The van der Waals surface area contributed by atoms with Crippen LogP contribution in [0.1, 0.15) is 31.0 Å². The van der Waals surface area contributed by atoms with Gasteiger partial charge in [0, 0.05) is 12.8 Å². The van der Waals surface area contributed by atoms with Gasteiger partial charge in [-0.25, -0.2) is 9.19 Å². The molecule has 2 fully saturated rings. The number of carbonyl (C=O) groups is 2. The first-order valence-corrected chi connectivity index (χ1v) is 11.4. The summed E-state index contributed by atoms with van der Waals surface area (Å²) in [6.07, 6.45) is 2.09. The molecule has 3 unspecified atom stereocenters. The molecule has 2 aliphatic rings. The number of rotatable bonds is 6. The van der Waals surface area contributed by atoms with Crippen LogP contribution < -0.4 is 9.50 Å². The maximum atomic E-state index is 12.6. The summed E-state index contributed by atoms with van der Waals surface area (Å²) in [5.74, 6) is 0.261. The number of ether oxygens (including phenoxy) is 1. The van der Waals surface area contributed by atoms with Crippen LogP contribution in [-0.2, 0) is 31.8 Å². The third-order valence-corrected chi connectivity index (χ3v) is 7.98. The largest absolute Gasteiger partial charge is 0.465 e. The number of amides is 1. The van der Waals surface area contributed by atoms with E-state index in [2.05, 4.69) is 16.9 Å². The average Bonchev–Trinajstić information content (AvgIpc) is 3.28. The Bertz CT molecular complexity index is 1050. The molecule has 2 aromatic rings. The van der Waals surface area contributed by atoms with Gasteiger partial charge in [0.05, 0.1) is 17.7 Å². The molecule has 0 spiro atoms. The highest BCUT2D eigenvalue weighted by molar-refractivity contribution is 7.83. The third kappa shape index (κ3) is 3.91. The van der Waals surface area contributed by atoms with Crippen molar-refractivity contribution >= 4 is 39.4 Å². The number of cyclic esters (lactones) is 1. The molecule has 0 radical (unpaired) electrons. The lowest BCUT2D eigenvalue weighted by molar-refractivity contribution is -0.146. The second-order valence-corrected chi connectivity index (χ2v) is 10.1. The van der Waals surface area contributed by atoms with Gasteiger partial charge in [0.1, 0.15) is 5.75 Å². The fraction of sp³-hybridized carbons (Fsp3) is 0.381. The maximum Gasteiger partial charge on any atom is 0.313 e. The highest BCUT2D eigenvalue weighted by Crippen LogP contribution is 2.52. The number of hydrogen-bond acceptors (Lipinski definition) is 7. The van der Waals surface area contributed by atoms with Crippen molar-refractivity contribution in [2.45, 2.75) is 37.3 Å². The first kappa shape index (κ1) is 20.7. The van der Waals surface area contributed by atoms with Crippen molar-refractivity contribution in [3.05, 3.63) is 47.7 Å². The Labute approximate surface area is 181 Å². The van der Waals surface area contributed by atoms with Gasteiger partial charge >= 0.3 is 5.97 Å². The van der Waals surface area contributed by atoms with E-state index in [1.165, 1.54) is 6.92 Å². The molecule has 3 atom stereocenters. The zero-order chi connectivity index (χ0) is 21.5. The van der Waals surface area contributed by atoms with Gasteiger partial charge in [0.25, 0.3) is 11.1 Å². The van der Waals surface area contributed by atoms with Gasteiger partial charge in [-0.05, 0) is 43.9 Å². The van der Waals surface area contributed by atoms with E-state index in [4.69, 9.17) is 8.92 Å². The molecule has 158 valence electrons. The number of aromatic nitrogens is 1. The number of nitrogens with zero attached hydrogens (tertiary/aromatic N) is 1. The molecule has 2 heterocycles. The van der Waals surface area contributed by atoms with Gasteiger partial charge < -0.3 is 14.2 Å². The van der Waals surface area contributed by atoms with Crippen LogP contribution in [0.5, 0.6) is 5.75 Å². The van der Waals surface area contributed by atoms with Crippen molar-refractivity contribution in [2.24, 2.45) is 11.3 Å². The molecule has 0 bridgehead atoms. The summed E-state index contributed by atoms with van der Waals surface area (Å²) in [7, 11) is 0. The molecule has 1 aliphatic carbocycles. The zero-order valence-electron chi connectivity index (χ0n) is 16.7. The maximum absolute atomic E-state index is 12.6. The third-order valence-electron chi connectivity index (χ3n) is 5.51. The van der Waals surface area contributed by atoms with Crippen LogP contribution in [0.4, 0.5) is 5.13 Å². The molecule has 1 aliphatic heterocycles. The minimum Gasteiger partial charge on any atom is -0.465 e. The monoisotopic (exact) mass is 446 g/mol. The van der Waals surface area contributed by atoms with E-state index in [0.29, 0.717) is 40.2 Å². The number of aryl methyl sites for hydroxylation is 1. The summed E-state index contributed by atoms with van der Waals surface area (Å²) in [5, 5.41) is 2.97. The van der Waals surface area contributed by atoms with Crippen LogP contribution in [0, 0.1) is 18.3 Å². The smallest absolute Gasteiger partial charge is 0.313 e. The van der Waals surface area contributed by atoms with Crippen molar-refractivity contribution < 1.29 is 22.7 Å². The summed E-state index contributed by atoms with van der Waals surface area (Å²) < 4.78 is 24.0. The highest BCUT2D eigenvalue weighted by atomic mass is 32.2. The van der Waals surface area contributed by atoms with Crippen LogP contribution in [0.2, 0.25) is 0 Å². The number of anilines is 1. The van der Waals surface area contributed by atoms with Gasteiger partial charge in [0.15, 0.2) is 9.34 Å². The van der Waals surface area contributed by atoms with Crippen LogP contribution >= 0.6 is 11.3 Å². The Balaban J connectivity index is 1.45. The van der Waals surface area contributed by atoms with Crippen molar-refractivity contribution in [3.63, 3.8) is 0 Å². The second kappa shape index (κ2) is 7.96. The number of hydrogen-bond donors (Lipinski definition) is 1. The lowest BCUT2D eigenvalue weighted by Gasteiger charge is -2.24. The minimum absolute atomic E-state index is 0.136. The molecule has 7 nitrogen and oxygen atoms in total. The van der Waals surface area contributed by atoms with E-state index >= 15 is 0 Å². The summed E-state index contributed by atoms with van der Waals surface area (Å²) in [6, 6.07) is 7.25. The first-order valence-electron chi connectivity index (χ1n) is 9.55. The van der Waals surface area contributed by atoms with E-state index in [0.717, 1.165) is 28.9 Å². The predicted octanol–water partition coefficient (Wildman–Crippen LogP) is 3.56. The van der Waals surface area contributed by atoms with E-state index in [-0.39, 0.29) is 17.8 Å². The molecule has 1 N–H and O–H groups in total. The lowest BCUT2D eigenvalue weighted by Crippen LogP contribution is -2.31. The molecule has 1 aromatic carbocycles.